The molecule has 2 aromatic heterocycles. The Balaban J connectivity index is 2.17. The van der Waals surface area contributed by atoms with Gasteiger partial charge < -0.3 is 5.73 Å². The van der Waals surface area contributed by atoms with Crippen LogP contribution in [0.1, 0.15) is 11.3 Å². The molecule has 0 saturated carbocycles. The van der Waals surface area contributed by atoms with Crippen molar-refractivity contribution in [1.29, 1.82) is 0 Å². The van der Waals surface area contributed by atoms with Crippen molar-refractivity contribution in [3.8, 4) is 16.3 Å². The van der Waals surface area contributed by atoms with Crippen LogP contribution in [0.5, 0.6) is 0 Å². The highest BCUT2D eigenvalue weighted by Crippen LogP contribution is 2.28. The zero-order valence-corrected chi connectivity index (χ0v) is 11.4. The molecule has 0 saturated heterocycles. The Morgan fingerprint density at radius 1 is 1.21 bits per heavy atom. The molecule has 0 radical (unpaired) electrons. The van der Waals surface area contributed by atoms with Gasteiger partial charge in [0.15, 0.2) is 0 Å². The van der Waals surface area contributed by atoms with E-state index in [4.69, 9.17) is 5.73 Å². The highest BCUT2D eigenvalue weighted by Gasteiger charge is 2.15. The molecule has 0 fully saturated rings. The summed E-state index contributed by atoms with van der Waals surface area (Å²) >= 11 is 1.67. The summed E-state index contributed by atoms with van der Waals surface area (Å²) in [6.45, 7) is 2.45. The van der Waals surface area contributed by atoms with Crippen molar-refractivity contribution in [3.05, 3.63) is 53.0 Å². The molecule has 2 heterocycles. The Hall–Kier alpha value is -1.98. The fraction of sp³-hybridized carbons (Fsp3) is 0.143. The van der Waals surface area contributed by atoms with Crippen molar-refractivity contribution in [2.75, 3.05) is 0 Å². The SMILES string of the molecule is Cc1ccc(-n2nnc(CN)c2-c2cccs2)cc1. The molecular weight excluding hydrogens is 256 g/mol. The van der Waals surface area contributed by atoms with Crippen LogP contribution in [0.3, 0.4) is 0 Å². The van der Waals surface area contributed by atoms with Gasteiger partial charge in [0.05, 0.1) is 10.6 Å². The van der Waals surface area contributed by atoms with Gasteiger partial charge in [0.1, 0.15) is 11.4 Å². The van der Waals surface area contributed by atoms with Gasteiger partial charge in [-0.1, -0.05) is 29.0 Å². The first-order valence-corrected chi connectivity index (χ1v) is 6.93. The standard InChI is InChI=1S/C14H14N4S/c1-10-4-6-11(7-5-10)18-14(12(9-15)16-17-18)13-3-2-8-19-13/h2-8H,9,15H2,1H3. The molecule has 5 heteroatoms. The molecule has 0 atom stereocenters. The van der Waals surface area contributed by atoms with Gasteiger partial charge in [0, 0.05) is 6.54 Å². The summed E-state index contributed by atoms with van der Waals surface area (Å²) in [6, 6.07) is 12.3. The lowest BCUT2D eigenvalue weighted by atomic mass is 10.2. The van der Waals surface area contributed by atoms with E-state index in [1.807, 2.05) is 28.3 Å². The molecule has 3 rings (SSSR count). The van der Waals surface area contributed by atoms with Crippen LogP contribution >= 0.6 is 11.3 Å². The van der Waals surface area contributed by atoms with Crippen molar-refractivity contribution in [2.45, 2.75) is 13.5 Å². The Morgan fingerprint density at radius 2 is 2.00 bits per heavy atom. The number of nitrogens with two attached hydrogens (primary N) is 1. The predicted molar refractivity (Wildman–Crippen MR) is 77.3 cm³/mol. The van der Waals surface area contributed by atoms with Crippen LogP contribution in [0, 0.1) is 6.92 Å². The van der Waals surface area contributed by atoms with E-state index < -0.39 is 0 Å². The van der Waals surface area contributed by atoms with Gasteiger partial charge >= 0.3 is 0 Å². The lowest BCUT2D eigenvalue weighted by Gasteiger charge is -2.06. The van der Waals surface area contributed by atoms with E-state index in [1.54, 1.807) is 11.3 Å². The Labute approximate surface area is 115 Å². The summed E-state index contributed by atoms with van der Waals surface area (Å²) in [5.41, 5.74) is 9.79. The van der Waals surface area contributed by atoms with Crippen LogP contribution in [-0.2, 0) is 6.54 Å². The molecule has 96 valence electrons. The largest absolute Gasteiger partial charge is 0.325 e. The van der Waals surface area contributed by atoms with Crippen molar-refractivity contribution >= 4 is 11.3 Å². The summed E-state index contributed by atoms with van der Waals surface area (Å²) in [5, 5.41) is 10.5. The third kappa shape index (κ3) is 2.18. The van der Waals surface area contributed by atoms with E-state index in [9.17, 15) is 0 Å². The average Bonchev–Trinajstić information content (AvgIpc) is 3.07. The molecule has 0 unspecified atom stereocenters. The third-order valence-corrected chi connectivity index (χ3v) is 3.84. The zero-order valence-electron chi connectivity index (χ0n) is 10.6. The topological polar surface area (TPSA) is 56.7 Å². The van der Waals surface area contributed by atoms with Crippen LogP contribution in [-0.4, -0.2) is 15.0 Å². The van der Waals surface area contributed by atoms with Crippen LogP contribution in [0.15, 0.2) is 41.8 Å². The van der Waals surface area contributed by atoms with Crippen LogP contribution < -0.4 is 5.73 Å². The van der Waals surface area contributed by atoms with Gasteiger partial charge in [0.25, 0.3) is 0 Å². The van der Waals surface area contributed by atoms with E-state index in [1.165, 1.54) is 5.56 Å². The third-order valence-electron chi connectivity index (χ3n) is 2.97. The average molecular weight is 270 g/mol. The second kappa shape index (κ2) is 4.95. The number of hydrogen-bond acceptors (Lipinski definition) is 4. The summed E-state index contributed by atoms with van der Waals surface area (Å²) in [5.74, 6) is 0. The smallest absolute Gasteiger partial charge is 0.109 e. The first-order valence-electron chi connectivity index (χ1n) is 6.05. The van der Waals surface area contributed by atoms with Crippen LogP contribution in [0.2, 0.25) is 0 Å². The van der Waals surface area contributed by atoms with E-state index in [0.717, 1.165) is 22.0 Å². The molecule has 0 aliphatic carbocycles. The lowest BCUT2D eigenvalue weighted by molar-refractivity contribution is 0.800. The van der Waals surface area contributed by atoms with E-state index >= 15 is 0 Å². The molecule has 0 aliphatic heterocycles. The summed E-state index contributed by atoms with van der Waals surface area (Å²) < 4.78 is 1.85. The molecule has 19 heavy (non-hydrogen) atoms. The fourth-order valence-corrected chi connectivity index (χ4v) is 2.75. The summed E-state index contributed by atoms with van der Waals surface area (Å²) in [4.78, 5) is 1.13. The predicted octanol–water partition coefficient (Wildman–Crippen LogP) is 2.76. The number of thiophene rings is 1. The van der Waals surface area contributed by atoms with E-state index in [2.05, 4.69) is 35.4 Å². The van der Waals surface area contributed by atoms with Gasteiger partial charge in [-0.05, 0) is 30.5 Å². The zero-order chi connectivity index (χ0) is 13.2. The molecule has 0 bridgehead atoms. The van der Waals surface area contributed by atoms with Crippen LogP contribution in [0.4, 0.5) is 0 Å². The molecule has 2 N–H and O–H groups in total. The maximum atomic E-state index is 5.76. The Kier molecular flexibility index (Phi) is 3.15. The van der Waals surface area contributed by atoms with Crippen LogP contribution in [0.25, 0.3) is 16.3 Å². The highest BCUT2D eigenvalue weighted by atomic mass is 32.1. The second-order valence-electron chi connectivity index (χ2n) is 4.31. The summed E-state index contributed by atoms with van der Waals surface area (Å²) in [7, 11) is 0. The quantitative estimate of drug-likeness (QED) is 0.796. The minimum absolute atomic E-state index is 0.388. The van der Waals surface area contributed by atoms with E-state index in [-0.39, 0.29) is 0 Å². The minimum atomic E-state index is 0.388. The lowest BCUT2D eigenvalue weighted by Crippen LogP contribution is -2.01. The number of hydrogen-bond donors (Lipinski definition) is 1. The van der Waals surface area contributed by atoms with Gasteiger partial charge in [0.2, 0.25) is 0 Å². The maximum Gasteiger partial charge on any atom is 0.109 e. The Morgan fingerprint density at radius 3 is 2.63 bits per heavy atom. The molecular formula is C14H14N4S. The molecule has 0 aliphatic rings. The van der Waals surface area contributed by atoms with Crippen molar-refractivity contribution in [1.82, 2.24) is 15.0 Å². The number of nitrogens with zero attached hydrogens (tertiary/aromatic N) is 3. The minimum Gasteiger partial charge on any atom is -0.325 e. The van der Waals surface area contributed by atoms with Gasteiger partial charge in [-0.15, -0.1) is 16.4 Å². The Bertz CT molecular complexity index is 668. The fourth-order valence-electron chi connectivity index (χ4n) is 1.98. The number of rotatable bonds is 3. The molecule has 4 nitrogen and oxygen atoms in total. The second-order valence-corrected chi connectivity index (χ2v) is 5.26. The molecule has 0 spiro atoms. The molecule has 1 aromatic carbocycles. The monoisotopic (exact) mass is 270 g/mol. The van der Waals surface area contributed by atoms with Gasteiger partial charge in [-0.2, -0.15) is 0 Å². The number of aromatic nitrogens is 3. The maximum absolute atomic E-state index is 5.76. The number of benzene rings is 1. The number of aryl methyl sites for hydroxylation is 1. The van der Waals surface area contributed by atoms with Crippen molar-refractivity contribution < 1.29 is 0 Å². The molecule has 0 amide bonds. The van der Waals surface area contributed by atoms with Gasteiger partial charge in [-0.3, -0.25) is 0 Å². The summed E-state index contributed by atoms with van der Waals surface area (Å²) in [6.07, 6.45) is 0. The molecule has 3 aromatic rings. The van der Waals surface area contributed by atoms with E-state index in [0.29, 0.717) is 6.54 Å². The van der Waals surface area contributed by atoms with Gasteiger partial charge in [-0.25, -0.2) is 4.68 Å². The first-order chi connectivity index (χ1) is 9.29. The van der Waals surface area contributed by atoms with Crippen molar-refractivity contribution in [3.63, 3.8) is 0 Å². The first kappa shape index (κ1) is 12.1. The normalized spacial score (nSPS) is 10.8. The highest BCUT2D eigenvalue weighted by molar-refractivity contribution is 7.13. The van der Waals surface area contributed by atoms with Crippen molar-refractivity contribution in [2.24, 2.45) is 5.73 Å².